The van der Waals surface area contributed by atoms with Crippen molar-refractivity contribution in [1.82, 2.24) is 15.1 Å². The minimum atomic E-state index is -2.69. The van der Waals surface area contributed by atoms with Crippen LogP contribution in [0, 0.1) is 13.8 Å². The summed E-state index contributed by atoms with van der Waals surface area (Å²) in [7, 11) is 0. The lowest BCUT2D eigenvalue weighted by Crippen LogP contribution is -2.25. The van der Waals surface area contributed by atoms with E-state index >= 15 is 0 Å². The number of hydrogen-bond acceptors (Lipinski definition) is 2. The zero-order chi connectivity index (χ0) is 15.4. The van der Waals surface area contributed by atoms with E-state index in [0.717, 1.165) is 5.56 Å². The Labute approximate surface area is 121 Å². The fourth-order valence-corrected chi connectivity index (χ4v) is 2.16. The van der Waals surface area contributed by atoms with Crippen LogP contribution in [0.25, 0.3) is 0 Å². The maximum absolute atomic E-state index is 12.7. The molecule has 4 nitrogen and oxygen atoms in total. The van der Waals surface area contributed by atoms with Gasteiger partial charge in [-0.05, 0) is 19.4 Å². The molecule has 0 fully saturated rings. The van der Waals surface area contributed by atoms with Crippen molar-refractivity contribution in [2.24, 2.45) is 0 Å². The molecule has 0 aliphatic rings. The van der Waals surface area contributed by atoms with Gasteiger partial charge in [0.1, 0.15) is 0 Å². The molecule has 0 atom stereocenters. The highest BCUT2D eigenvalue weighted by molar-refractivity contribution is 5.79. The Balaban J connectivity index is 2.00. The molecule has 0 radical (unpaired) electrons. The molecule has 2 rings (SSSR count). The van der Waals surface area contributed by atoms with E-state index in [0.29, 0.717) is 28.2 Å². The van der Waals surface area contributed by atoms with Crippen LogP contribution in [0.2, 0.25) is 0 Å². The Morgan fingerprint density at radius 1 is 1.29 bits per heavy atom. The Bertz CT molecular complexity index is 623. The molecule has 1 heterocycles. The number of carbonyl (C=O) groups is 1. The van der Waals surface area contributed by atoms with Gasteiger partial charge < -0.3 is 5.32 Å². The maximum atomic E-state index is 12.7. The van der Waals surface area contributed by atoms with Crippen molar-refractivity contribution in [2.75, 3.05) is 0 Å². The Kier molecular flexibility index (Phi) is 4.67. The lowest BCUT2D eigenvalue weighted by molar-refractivity contribution is -0.120. The minimum absolute atomic E-state index is 0.0528. The van der Waals surface area contributed by atoms with E-state index in [1.165, 1.54) is 0 Å². The van der Waals surface area contributed by atoms with E-state index in [2.05, 4.69) is 10.4 Å². The van der Waals surface area contributed by atoms with Crippen LogP contribution in [-0.4, -0.2) is 15.7 Å². The zero-order valence-electron chi connectivity index (χ0n) is 11.9. The van der Waals surface area contributed by atoms with Gasteiger partial charge in [0, 0.05) is 17.8 Å². The summed E-state index contributed by atoms with van der Waals surface area (Å²) < 4.78 is 26.1. The largest absolute Gasteiger partial charge is 0.352 e. The highest BCUT2D eigenvalue weighted by atomic mass is 19.3. The molecule has 21 heavy (non-hydrogen) atoms. The van der Waals surface area contributed by atoms with Crippen LogP contribution in [-0.2, 0) is 17.8 Å². The van der Waals surface area contributed by atoms with Gasteiger partial charge in [-0.2, -0.15) is 13.9 Å². The third-order valence-electron chi connectivity index (χ3n) is 3.33. The average Bonchev–Trinajstić information content (AvgIpc) is 2.74. The predicted molar refractivity (Wildman–Crippen MR) is 74.9 cm³/mol. The first-order valence-electron chi connectivity index (χ1n) is 6.62. The number of aromatic nitrogens is 2. The zero-order valence-corrected chi connectivity index (χ0v) is 11.9. The van der Waals surface area contributed by atoms with Gasteiger partial charge in [-0.3, -0.25) is 4.79 Å². The molecule has 1 aromatic carbocycles. The number of alkyl halides is 2. The molecule has 0 unspecified atom stereocenters. The number of hydrogen-bond donors (Lipinski definition) is 1. The van der Waals surface area contributed by atoms with Crippen LogP contribution in [0.15, 0.2) is 30.3 Å². The highest BCUT2D eigenvalue weighted by Gasteiger charge is 2.18. The topological polar surface area (TPSA) is 46.9 Å². The van der Waals surface area contributed by atoms with Crippen LogP contribution in [0.4, 0.5) is 8.78 Å². The first-order chi connectivity index (χ1) is 9.99. The third kappa shape index (κ3) is 3.65. The SMILES string of the molecule is Cc1nn(C(F)F)c(C)c1CC(=O)NCc1ccccc1. The standard InChI is InChI=1S/C15H17F2N3O/c1-10-13(11(2)20(19-10)15(16)17)8-14(21)18-9-12-6-4-3-5-7-12/h3-7,15H,8-9H2,1-2H3,(H,18,21). The molecule has 0 aliphatic carbocycles. The molecule has 0 aliphatic heterocycles. The summed E-state index contributed by atoms with van der Waals surface area (Å²) >= 11 is 0. The van der Waals surface area contributed by atoms with E-state index in [1.807, 2.05) is 30.3 Å². The highest BCUT2D eigenvalue weighted by Crippen LogP contribution is 2.19. The lowest BCUT2D eigenvalue weighted by Gasteiger charge is -2.06. The van der Waals surface area contributed by atoms with Crippen LogP contribution in [0.3, 0.4) is 0 Å². The fraction of sp³-hybridized carbons (Fsp3) is 0.333. The van der Waals surface area contributed by atoms with Gasteiger partial charge in [0.2, 0.25) is 5.91 Å². The molecule has 1 aromatic heterocycles. The molecule has 1 N–H and O–H groups in total. The summed E-state index contributed by atoms with van der Waals surface area (Å²) in [6, 6.07) is 9.50. The Hall–Kier alpha value is -2.24. The second-order valence-electron chi connectivity index (χ2n) is 4.81. The summed E-state index contributed by atoms with van der Waals surface area (Å²) in [5, 5.41) is 6.54. The predicted octanol–water partition coefficient (Wildman–Crippen LogP) is 2.75. The van der Waals surface area contributed by atoms with Crippen LogP contribution in [0.5, 0.6) is 0 Å². The van der Waals surface area contributed by atoms with Crippen molar-refractivity contribution >= 4 is 5.91 Å². The van der Waals surface area contributed by atoms with Gasteiger partial charge in [0.05, 0.1) is 12.1 Å². The smallest absolute Gasteiger partial charge is 0.333 e. The summed E-state index contributed by atoms with van der Waals surface area (Å²) in [5.41, 5.74) is 2.34. The Morgan fingerprint density at radius 3 is 2.52 bits per heavy atom. The monoisotopic (exact) mass is 293 g/mol. The average molecular weight is 293 g/mol. The van der Waals surface area contributed by atoms with Crippen molar-refractivity contribution in [3.8, 4) is 0 Å². The molecular weight excluding hydrogens is 276 g/mol. The van der Waals surface area contributed by atoms with E-state index in [9.17, 15) is 13.6 Å². The van der Waals surface area contributed by atoms with Crippen molar-refractivity contribution in [3.05, 3.63) is 52.8 Å². The van der Waals surface area contributed by atoms with Crippen molar-refractivity contribution < 1.29 is 13.6 Å². The van der Waals surface area contributed by atoms with Gasteiger partial charge >= 0.3 is 6.55 Å². The van der Waals surface area contributed by atoms with E-state index in [4.69, 9.17) is 0 Å². The summed E-state index contributed by atoms with van der Waals surface area (Å²) in [5.74, 6) is -0.209. The third-order valence-corrected chi connectivity index (χ3v) is 3.33. The van der Waals surface area contributed by atoms with Gasteiger partial charge in [0.15, 0.2) is 0 Å². The van der Waals surface area contributed by atoms with Crippen LogP contribution in [0.1, 0.15) is 29.1 Å². The van der Waals surface area contributed by atoms with E-state index < -0.39 is 6.55 Å². The lowest BCUT2D eigenvalue weighted by atomic mass is 10.1. The number of halogens is 2. The molecule has 0 saturated carbocycles. The molecular formula is C15H17F2N3O. The molecule has 0 spiro atoms. The fourth-order valence-electron chi connectivity index (χ4n) is 2.16. The molecule has 0 bridgehead atoms. The quantitative estimate of drug-likeness (QED) is 0.921. The van der Waals surface area contributed by atoms with E-state index in [1.54, 1.807) is 13.8 Å². The second-order valence-corrected chi connectivity index (χ2v) is 4.81. The van der Waals surface area contributed by atoms with Crippen molar-refractivity contribution in [2.45, 2.75) is 33.4 Å². The molecule has 2 aromatic rings. The van der Waals surface area contributed by atoms with Gasteiger partial charge in [-0.15, -0.1) is 0 Å². The molecule has 1 amide bonds. The summed E-state index contributed by atoms with van der Waals surface area (Å²) in [6.07, 6.45) is 0.0528. The number of benzene rings is 1. The number of amides is 1. The van der Waals surface area contributed by atoms with Crippen molar-refractivity contribution in [3.63, 3.8) is 0 Å². The van der Waals surface area contributed by atoms with E-state index in [-0.39, 0.29) is 12.3 Å². The normalized spacial score (nSPS) is 10.9. The first-order valence-corrected chi connectivity index (χ1v) is 6.62. The van der Waals surface area contributed by atoms with Crippen LogP contribution < -0.4 is 5.32 Å². The number of carbonyl (C=O) groups excluding carboxylic acids is 1. The molecule has 0 saturated heterocycles. The van der Waals surface area contributed by atoms with Gasteiger partial charge in [-0.1, -0.05) is 30.3 Å². The summed E-state index contributed by atoms with van der Waals surface area (Å²) in [6.45, 7) is 0.906. The minimum Gasteiger partial charge on any atom is -0.352 e. The van der Waals surface area contributed by atoms with Gasteiger partial charge in [0.25, 0.3) is 0 Å². The number of rotatable bonds is 5. The molecule has 6 heteroatoms. The number of aryl methyl sites for hydroxylation is 1. The number of nitrogens with one attached hydrogen (secondary N) is 1. The molecule has 112 valence electrons. The maximum Gasteiger partial charge on any atom is 0.333 e. The second kappa shape index (κ2) is 6.47. The summed E-state index contributed by atoms with van der Waals surface area (Å²) in [4.78, 5) is 11.9. The first kappa shape index (κ1) is 15.2. The number of nitrogens with zero attached hydrogens (tertiary/aromatic N) is 2. The van der Waals surface area contributed by atoms with Gasteiger partial charge in [-0.25, -0.2) is 4.68 Å². The van der Waals surface area contributed by atoms with Crippen molar-refractivity contribution in [1.29, 1.82) is 0 Å². The Morgan fingerprint density at radius 2 is 1.95 bits per heavy atom. The van der Waals surface area contributed by atoms with Crippen LogP contribution >= 0.6 is 0 Å².